The van der Waals surface area contributed by atoms with Crippen molar-refractivity contribution in [2.45, 2.75) is 0 Å². The first kappa shape index (κ1) is 20.1. The number of halogens is 1. The van der Waals surface area contributed by atoms with Gasteiger partial charge >= 0.3 is 0 Å². The number of hydrogen-bond donors (Lipinski definition) is 0. The first-order valence-corrected chi connectivity index (χ1v) is 8.79. The van der Waals surface area contributed by atoms with E-state index in [1.54, 1.807) is 51.3 Å². The standard InChI is InChI=1S/C22H21FN2O4/c1-25-17(9-10-19(26)14-5-7-16(23)8-6-14)13-18(24-25)15-11-20(27-2)22(29-4)21(12-15)28-3/h5-13H,1-4H3/b10-9+. The first-order valence-electron chi connectivity index (χ1n) is 8.79. The number of allylic oxidation sites excluding steroid dienone is 1. The van der Waals surface area contributed by atoms with Gasteiger partial charge in [-0.3, -0.25) is 9.48 Å². The molecule has 0 unspecified atom stereocenters. The van der Waals surface area contributed by atoms with Crippen molar-refractivity contribution in [3.05, 3.63) is 65.6 Å². The normalized spacial score (nSPS) is 10.9. The van der Waals surface area contributed by atoms with Crippen LogP contribution in [0.15, 0.2) is 48.5 Å². The Labute approximate surface area is 168 Å². The minimum Gasteiger partial charge on any atom is -0.493 e. The zero-order valence-electron chi connectivity index (χ0n) is 16.6. The van der Waals surface area contributed by atoms with Crippen LogP contribution >= 0.6 is 0 Å². The van der Waals surface area contributed by atoms with E-state index in [-0.39, 0.29) is 11.6 Å². The van der Waals surface area contributed by atoms with Crippen molar-refractivity contribution in [1.29, 1.82) is 0 Å². The van der Waals surface area contributed by atoms with Crippen molar-refractivity contribution in [2.24, 2.45) is 7.05 Å². The van der Waals surface area contributed by atoms with E-state index in [9.17, 15) is 9.18 Å². The molecule has 0 spiro atoms. The molecule has 0 aliphatic heterocycles. The molecular weight excluding hydrogens is 375 g/mol. The van der Waals surface area contributed by atoms with Crippen molar-refractivity contribution >= 4 is 11.9 Å². The summed E-state index contributed by atoms with van der Waals surface area (Å²) in [5.74, 6) is 0.944. The Morgan fingerprint density at radius 3 is 2.17 bits per heavy atom. The maximum absolute atomic E-state index is 13.0. The molecule has 0 bridgehead atoms. The zero-order valence-corrected chi connectivity index (χ0v) is 16.6. The summed E-state index contributed by atoms with van der Waals surface area (Å²) in [5, 5.41) is 4.50. The highest BCUT2D eigenvalue weighted by Crippen LogP contribution is 2.41. The second-order valence-electron chi connectivity index (χ2n) is 6.20. The summed E-state index contributed by atoms with van der Waals surface area (Å²) in [6.07, 6.45) is 3.10. The van der Waals surface area contributed by atoms with Gasteiger partial charge in [-0.2, -0.15) is 5.10 Å². The van der Waals surface area contributed by atoms with Crippen LogP contribution in [-0.2, 0) is 7.05 Å². The molecule has 29 heavy (non-hydrogen) atoms. The van der Waals surface area contributed by atoms with Crippen LogP contribution in [0.1, 0.15) is 16.1 Å². The number of benzene rings is 2. The molecule has 7 heteroatoms. The number of aryl methyl sites for hydroxylation is 1. The average Bonchev–Trinajstić information content (AvgIpc) is 3.11. The Morgan fingerprint density at radius 1 is 1.00 bits per heavy atom. The number of hydrogen-bond acceptors (Lipinski definition) is 5. The van der Waals surface area contributed by atoms with Crippen molar-refractivity contribution in [3.63, 3.8) is 0 Å². The lowest BCUT2D eigenvalue weighted by atomic mass is 10.1. The molecule has 3 aromatic rings. The summed E-state index contributed by atoms with van der Waals surface area (Å²) in [4.78, 5) is 12.3. The molecule has 2 aromatic carbocycles. The van der Waals surface area contributed by atoms with Crippen LogP contribution in [0.3, 0.4) is 0 Å². The van der Waals surface area contributed by atoms with Crippen LogP contribution in [0.5, 0.6) is 17.2 Å². The Morgan fingerprint density at radius 2 is 1.62 bits per heavy atom. The number of carbonyl (C=O) groups excluding carboxylic acids is 1. The molecule has 6 nitrogen and oxygen atoms in total. The molecule has 150 valence electrons. The predicted molar refractivity (Wildman–Crippen MR) is 108 cm³/mol. The maximum Gasteiger partial charge on any atom is 0.203 e. The van der Waals surface area contributed by atoms with Gasteiger partial charge in [0.15, 0.2) is 17.3 Å². The van der Waals surface area contributed by atoms with Crippen LogP contribution in [0.4, 0.5) is 4.39 Å². The second kappa shape index (κ2) is 8.60. The molecule has 0 aliphatic rings. The molecular formula is C22H21FN2O4. The number of methoxy groups -OCH3 is 3. The van der Waals surface area contributed by atoms with Gasteiger partial charge in [0.2, 0.25) is 5.75 Å². The molecule has 0 amide bonds. The molecule has 0 saturated carbocycles. The highest BCUT2D eigenvalue weighted by Gasteiger charge is 2.16. The summed E-state index contributed by atoms with van der Waals surface area (Å²) in [5.41, 5.74) is 2.60. The smallest absolute Gasteiger partial charge is 0.203 e. The summed E-state index contributed by atoms with van der Waals surface area (Å²) in [6, 6.07) is 10.9. The van der Waals surface area contributed by atoms with Gasteiger partial charge in [-0.1, -0.05) is 0 Å². The van der Waals surface area contributed by atoms with E-state index >= 15 is 0 Å². The molecule has 0 N–H and O–H groups in total. The molecule has 0 saturated heterocycles. The van der Waals surface area contributed by atoms with Gasteiger partial charge in [-0.25, -0.2) is 4.39 Å². The van der Waals surface area contributed by atoms with Gasteiger partial charge in [0.05, 0.1) is 32.7 Å². The Kier molecular flexibility index (Phi) is 5.97. The monoisotopic (exact) mass is 396 g/mol. The van der Waals surface area contributed by atoms with E-state index in [0.717, 1.165) is 11.3 Å². The molecule has 0 atom stereocenters. The molecule has 1 heterocycles. The number of rotatable bonds is 7. The topological polar surface area (TPSA) is 62.6 Å². The van der Waals surface area contributed by atoms with E-state index in [0.29, 0.717) is 28.5 Å². The molecule has 3 rings (SSSR count). The molecule has 0 aliphatic carbocycles. The molecule has 1 aromatic heterocycles. The summed E-state index contributed by atoms with van der Waals surface area (Å²) < 4.78 is 30.8. The number of carbonyl (C=O) groups is 1. The van der Waals surface area contributed by atoms with Crippen LogP contribution in [0.2, 0.25) is 0 Å². The lowest BCUT2D eigenvalue weighted by Gasteiger charge is -2.13. The van der Waals surface area contributed by atoms with Crippen molar-refractivity contribution in [3.8, 4) is 28.5 Å². The molecule has 0 fully saturated rings. The van der Waals surface area contributed by atoms with E-state index in [4.69, 9.17) is 14.2 Å². The van der Waals surface area contributed by atoms with E-state index in [1.807, 2.05) is 6.07 Å². The van der Waals surface area contributed by atoms with Gasteiger partial charge in [0, 0.05) is 18.2 Å². The number of ether oxygens (including phenoxy) is 3. The van der Waals surface area contributed by atoms with Gasteiger partial charge in [0.1, 0.15) is 5.82 Å². The summed E-state index contributed by atoms with van der Waals surface area (Å²) >= 11 is 0. The third-order valence-corrected chi connectivity index (χ3v) is 4.41. The Bertz CT molecular complexity index is 1030. The fraction of sp³-hybridized carbons (Fsp3) is 0.182. The van der Waals surface area contributed by atoms with E-state index in [2.05, 4.69) is 5.10 Å². The number of nitrogens with zero attached hydrogens (tertiary/aromatic N) is 2. The minimum atomic E-state index is -0.382. The highest BCUT2D eigenvalue weighted by molar-refractivity contribution is 6.06. The average molecular weight is 396 g/mol. The zero-order chi connectivity index (χ0) is 21.0. The third-order valence-electron chi connectivity index (χ3n) is 4.41. The quantitative estimate of drug-likeness (QED) is 0.444. The largest absolute Gasteiger partial charge is 0.493 e. The highest BCUT2D eigenvalue weighted by atomic mass is 19.1. The Balaban J connectivity index is 1.90. The first-order chi connectivity index (χ1) is 14.0. The second-order valence-corrected chi connectivity index (χ2v) is 6.20. The van der Waals surface area contributed by atoms with E-state index < -0.39 is 0 Å². The lowest BCUT2D eigenvalue weighted by Crippen LogP contribution is -1.97. The maximum atomic E-state index is 13.0. The van der Waals surface area contributed by atoms with Crippen LogP contribution < -0.4 is 14.2 Å². The molecule has 0 radical (unpaired) electrons. The third kappa shape index (κ3) is 4.29. The predicted octanol–water partition coefficient (Wildman–Crippen LogP) is 4.15. The van der Waals surface area contributed by atoms with Gasteiger partial charge in [0.25, 0.3) is 0 Å². The van der Waals surface area contributed by atoms with Gasteiger partial charge < -0.3 is 14.2 Å². The number of ketones is 1. The van der Waals surface area contributed by atoms with Gasteiger partial charge in [-0.15, -0.1) is 0 Å². The van der Waals surface area contributed by atoms with Crippen LogP contribution in [-0.4, -0.2) is 36.9 Å². The summed E-state index contributed by atoms with van der Waals surface area (Å²) in [6.45, 7) is 0. The minimum absolute atomic E-state index is 0.222. The van der Waals surface area contributed by atoms with Crippen molar-refractivity contribution in [2.75, 3.05) is 21.3 Å². The van der Waals surface area contributed by atoms with Crippen molar-refractivity contribution < 1.29 is 23.4 Å². The van der Waals surface area contributed by atoms with Crippen LogP contribution in [0, 0.1) is 5.82 Å². The fourth-order valence-electron chi connectivity index (χ4n) is 2.88. The number of aromatic nitrogens is 2. The van der Waals surface area contributed by atoms with Crippen molar-refractivity contribution in [1.82, 2.24) is 9.78 Å². The fourth-order valence-corrected chi connectivity index (χ4v) is 2.88. The lowest BCUT2D eigenvalue weighted by molar-refractivity contribution is 0.104. The van der Waals surface area contributed by atoms with Crippen LogP contribution in [0.25, 0.3) is 17.3 Å². The van der Waals surface area contributed by atoms with E-state index in [1.165, 1.54) is 30.3 Å². The SMILES string of the molecule is COc1cc(-c2cc(/C=C/C(=O)c3ccc(F)cc3)n(C)n2)cc(OC)c1OC. The van der Waals surface area contributed by atoms with Gasteiger partial charge in [-0.05, 0) is 54.6 Å². The Hall–Kier alpha value is -3.61. The summed E-state index contributed by atoms with van der Waals surface area (Å²) in [7, 11) is 6.43.